The van der Waals surface area contributed by atoms with E-state index in [9.17, 15) is 4.79 Å². The molecule has 110 valence electrons. The minimum atomic E-state index is -0.216. The zero-order chi connectivity index (χ0) is 14.6. The van der Waals surface area contributed by atoms with Crippen LogP contribution in [-0.4, -0.2) is 30.1 Å². The van der Waals surface area contributed by atoms with Crippen molar-refractivity contribution in [3.63, 3.8) is 0 Å². The van der Waals surface area contributed by atoms with Crippen LogP contribution in [0.3, 0.4) is 0 Å². The fraction of sp³-hybridized carbons (Fsp3) is 0.562. The number of nitrogens with two attached hydrogens (primary N) is 1. The van der Waals surface area contributed by atoms with E-state index in [1.807, 2.05) is 36.1 Å². The molecular weight excluding hydrogens is 252 g/mol. The van der Waals surface area contributed by atoms with Crippen molar-refractivity contribution < 1.29 is 9.53 Å². The Balaban J connectivity index is 2.01. The van der Waals surface area contributed by atoms with Crippen molar-refractivity contribution in [3.8, 4) is 0 Å². The molecule has 20 heavy (non-hydrogen) atoms. The fourth-order valence-electron chi connectivity index (χ4n) is 2.67. The second kappa shape index (κ2) is 6.27. The van der Waals surface area contributed by atoms with Crippen molar-refractivity contribution in [1.29, 1.82) is 0 Å². The summed E-state index contributed by atoms with van der Waals surface area (Å²) in [6.07, 6.45) is 3.60. The molecule has 1 amide bonds. The molecule has 4 heteroatoms. The van der Waals surface area contributed by atoms with E-state index in [1.165, 1.54) is 0 Å². The number of ether oxygens (including phenoxy) is 1. The Morgan fingerprint density at radius 3 is 2.60 bits per heavy atom. The second-order valence-electron chi connectivity index (χ2n) is 5.52. The summed E-state index contributed by atoms with van der Waals surface area (Å²) in [5, 5.41) is 0. The van der Waals surface area contributed by atoms with E-state index in [0.717, 1.165) is 30.5 Å². The molecule has 0 aromatic heterocycles. The topological polar surface area (TPSA) is 55.6 Å². The highest BCUT2D eigenvalue weighted by Gasteiger charge is 2.39. The van der Waals surface area contributed by atoms with Gasteiger partial charge in [0.2, 0.25) is 5.91 Å². The predicted octanol–water partition coefficient (Wildman–Crippen LogP) is 2.58. The van der Waals surface area contributed by atoms with E-state index in [2.05, 4.69) is 0 Å². The maximum Gasteiger partial charge on any atom is 0.225 e. The molecule has 1 aliphatic carbocycles. The Hall–Kier alpha value is -1.55. The van der Waals surface area contributed by atoms with Crippen molar-refractivity contribution >= 4 is 11.6 Å². The fourth-order valence-corrected chi connectivity index (χ4v) is 2.67. The molecule has 1 aromatic carbocycles. The first-order chi connectivity index (χ1) is 9.60. The molecule has 0 spiro atoms. The maximum atomic E-state index is 12.5. The van der Waals surface area contributed by atoms with Gasteiger partial charge in [-0.15, -0.1) is 0 Å². The first-order valence-electron chi connectivity index (χ1n) is 7.26. The lowest BCUT2D eigenvalue weighted by molar-refractivity contribution is -0.144. The summed E-state index contributed by atoms with van der Waals surface area (Å²) in [6.45, 7) is 3.26. The second-order valence-corrected chi connectivity index (χ2v) is 5.52. The van der Waals surface area contributed by atoms with Crippen molar-refractivity contribution in [2.75, 3.05) is 19.4 Å². The van der Waals surface area contributed by atoms with Gasteiger partial charge >= 0.3 is 0 Å². The monoisotopic (exact) mass is 276 g/mol. The summed E-state index contributed by atoms with van der Waals surface area (Å²) in [6, 6.07) is 7.70. The smallest absolute Gasteiger partial charge is 0.225 e. The van der Waals surface area contributed by atoms with Crippen molar-refractivity contribution in [1.82, 2.24) is 4.90 Å². The zero-order valence-corrected chi connectivity index (χ0v) is 12.4. The van der Waals surface area contributed by atoms with Crippen LogP contribution in [0.25, 0.3) is 0 Å². The summed E-state index contributed by atoms with van der Waals surface area (Å²) >= 11 is 0. The average Bonchev–Trinajstić information content (AvgIpc) is 2.41. The number of carbonyl (C=O) groups is 1. The molecule has 0 unspecified atom stereocenters. The van der Waals surface area contributed by atoms with Crippen LogP contribution in [0.4, 0.5) is 5.69 Å². The van der Waals surface area contributed by atoms with Crippen molar-refractivity contribution in [3.05, 3.63) is 29.8 Å². The number of amides is 1. The van der Waals surface area contributed by atoms with Gasteiger partial charge in [0.15, 0.2) is 0 Å². The number of rotatable bonds is 6. The van der Waals surface area contributed by atoms with Gasteiger partial charge in [-0.3, -0.25) is 4.79 Å². The lowest BCUT2D eigenvalue weighted by Crippen LogP contribution is -2.45. The van der Waals surface area contributed by atoms with Crippen molar-refractivity contribution in [2.45, 2.75) is 44.8 Å². The summed E-state index contributed by atoms with van der Waals surface area (Å²) in [4.78, 5) is 14.3. The van der Waals surface area contributed by atoms with Crippen LogP contribution in [0.2, 0.25) is 0 Å². The molecule has 1 saturated carbocycles. The van der Waals surface area contributed by atoms with Crippen LogP contribution in [0.5, 0.6) is 0 Å². The molecule has 1 aliphatic rings. The molecule has 0 bridgehead atoms. The van der Waals surface area contributed by atoms with Crippen LogP contribution < -0.4 is 5.73 Å². The average molecular weight is 276 g/mol. The van der Waals surface area contributed by atoms with Crippen LogP contribution in [0.1, 0.15) is 38.2 Å². The molecular formula is C16H24N2O2. The van der Waals surface area contributed by atoms with E-state index in [1.54, 1.807) is 7.11 Å². The number of nitrogens with zero attached hydrogens (tertiary/aromatic N) is 1. The number of para-hydroxylation sites is 1. The Morgan fingerprint density at radius 1 is 1.40 bits per heavy atom. The Bertz CT molecular complexity index is 464. The number of benzene rings is 1. The van der Waals surface area contributed by atoms with Crippen LogP contribution in [0, 0.1) is 0 Å². The molecule has 0 aliphatic heterocycles. The molecule has 4 nitrogen and oxygen atoms in total. The van der Waals surface area contributed by atoms with E-state index in [0.29, 0.717) is 19.5 Å². The minimum absolute atomic E-state index is 0.150. The van der Waals surface area contributed by atoms with Crippen LogP contribution in [0.15, 0.2) is 24.3 Å². The maximum absolute atomic E-state index is 12.5. The lowest BCUT2D eigenvalue weighted by atomic mass is 9.77. The van der Waals surface area contributed by atoms with Crippen molar-refractivity contribution in [2.24, 2.45) is 0 Å². The highest BCUT2D eigenvalue weighted by Crippen LogP contribution is 2.38. The Kier molecular flexibility index (Phi) is 4.65. The highest BCUT2D eigenvalue weighted by atomic mass is 16.5. The number of methoxy groups -OCH3 is 1. The summed E-state index contributed by atoms with van der Waals surface area (Å²) in [5.41, 5.74) is 7.48. The van der Waals surface area contributed by atoms with Gasteiger partial charge in [-0.1, -0.05) is 18.2 Å². The number of hydrogen-bond donors (Lipinski definition) is 1. The third kappa shape index (κ3) is 3.12. The minimum Gasteiger partial charge on any atom is -0.398 e. The first kappa shape index (κ1) is 14.9. The van der Waals surface area contributed by atoms with Crippen LogP contribution >= 0.6 is 0 Å². The molecule has 1 aromatic rings. The van der Waals surface area contributed by atoms with E-state index in [-0.39, 0.29) is 11.5 Å². The number of nitrogen functional groups attached to an aromatic ring is 1. The van der Waals surface area contributed by atoms with Gasteiger partial charge in [0.1, 0.15) is 0 Å². The van der Waals surface area contributed by atoms with Gasteiger partial charge in [-0.05, 0) is 37.8 Å². The molecule has 0 atom stereocenters. The Morgan fingerprint density at radius 2 is 2.10 bits per heavy atom. The number of carbonyl (C=O) groups excluding carboxylic acids is 1. The normalized spacial score (nSPS) is 16.5. The first-order valence-corrected chi connectivity index (χ1v) is 7.26. The largest absolute Gasteiger partial charge is 0.398 e. The lowest BCUT2D eigenvalue weighted by Gasteiger charge is -2.41. The van der Waals surface area contributed by atoms with E-state index < -0.39 is 0 Å². The van der Waals surface area contributed by atoms with Gasteiger partial charge in [-0.25, -0.2) is 0 Å². The molecule has 0 radical (unpaired) electrons. The zero-order valence-electron chi connectivity index (χ0n) is 12.4. The number of anilines is 1. The standard InChI is InChI=1S/C16H24N2O2/c1-3-18(12-13-7-4-5-8-14(13)17)15(19)11-16(20-2)9-6-10-16/h4-5,7-8H,3,6,9-12,17H2,1-2H3. The molecule has 1 fully saturated rings. The third-order valence-corrected chi connectivity index (χ3v) is 4.32. The number of hydrogen-bond acceptors (Lipinski definition) is 3. The molecule has 2 rings (SSSR count). The SMILES string of the molecule is CCN(Cc1ccccc1N)C(=O)CC1(OC)CCC1. The van der Waals surface area contributed by atoms with Gasteiger partial charge in [-0.2, -0.15) is 0 Å². The van der Waals surface area contributed by atoms with E-state index in [4.69, 9.17) is 10.5 Å². The molecule has 0 heterocycles. The quantitative estimate of drug-likeness (QED) is 0.812. The Labute approximate surface area is 120 Å². The third-order valence-electron chi connectivity index (χ3n) is 4.32. The highest BCUT2D eigenvalue weighted by molar-refractivity contribution is 5.77. The molecule has 2 N–H and O–H groups in total. The van der Waals surface area contributed by atoms with Gasteiger partial charge in [0.05, 0.1) is 12.0 Å². The summed E-state index contributed by atoms with van der Waals surface area (Å²) in [7, 11) is 1.71. The summed E-state index contributed by atoms with van der Waals surface area (Å²) in [5.74, 6) is 0.150. The van der Waals surface area contributed by atoms with Gasteiger partial charge in [0.25, 0.3) is 0 Å². The summed E-state index contributed by atoms with van der Waals surface area (Å²) < 4.78 is 5.54. The van der Waals surface area contributed by atoms with Gasteiger partial charge in [0, 0.05) is 25.9 Å². The van der Waals surface area contributed by atoms with E-state index >= 15 is 0 Å². The van der Waals surface area contributed by atoms with Gasteiger partial charge < -0.3 is 15.4 Å². The molecule has 0 saturated heterocycles. The predicted molar refractivity (Wildman–Crippen MR) is 80.2 cm³/mol. The van der Waals surface area contributed by atoms with Crippen LogP contribution in [-0.2, 0) is 16.1 Å².